The Hall–Kier alpha value is -2.10. The van der Waals surface area contributed by atoms with Crippen molar-refractivity contribution in [1.29, 1.82) is 0 Å². The van der Waals surface area contributed by atoms with Crippen LogP contribution in [-0.4, -0.2) is 9.67 Å². The molecule has 16 heavy (non-hydrogen) atoms. The summed E-state index contributed by atoms with van der Waals surface area (Å²) in [5, 5.41) is 9.08. The zero-order valence-corrected chi connectivity index (χ0v) is 8.43. The van der Waals surface area contributed by atoms with Crippen molar-refractivity contribution in [1.82, 2.24) is 4.57 Å². The highest BCUT2D eigenvalue weighted by atomic mass is 19.1. The van der Waals surface area contributed by atoms with Gasteiger partial charge >= 0.3 is 0 Å². The second-order valence-corrected chi connectivity index (χ2v) is 3.48. The first-order chi connectivity index (χ1) is 7.65. The average Bonchev–Trinajstić information content (AvgIpc) is 2.25. The third kappa shape index (κ3) is 2.28. The molecule has 1 aromatic heterocycles. The largest absolute Gasteiger partial charge is 0.508 e. The van der Waals surface area contributed by atoms with Gasteiger partial charge in [0, 0.05) is 12.3 Å². The number of benzene rings is 1. The maximum absolute atomic E-state index is 12.7. The van der Waals surface area contributed by atoms with Crippen LogP contribution in [0.2, 0.25) is 0 Å². The van der Waals surface area contributed by atoms with Crippen molar-refractivity contribution >= 4 is 0 Å². The van der Waals surface area contributed by atoms with E-state index in [-0.39, 0.29) is 17.1 Å². The first-order valence-electron chi connectivity index (χ1n) is 4.79. The zero-order chi connectivity index (χ0) is 11.5. The fourth-order valence-corrected chi connectivity index (χ4v) is 1.41. The number of aromatic hydroxyl groups is 1. The Kier molecular flexibility index (Phi) is 2.72. The molecule has 0 fully saturated rings. The van der Waals surface area contributed by atoms with Crippen LogP contribution in [0.25, 0.3) is 0 Å². The van der Waals surface area contributed by atoms with Gasteiger partial charge in [0.15, 0.2) is 0 Å². The van der Waals surface area contributed by atoms with Gasteiger partial charge < -0.3 is 9.67 Å². The second kappa shape index (κ2) is 4.18. The highest BCUT2D eigenvalue weighted by molar-refractivity contribution is 5.19. The van der Waals surface area contributed by atoms with E-state index in [9.17, 15) is 9.18 Å². The molecule has 0 spiro atoms. The topological polar surface area (TPSA) is 42.2 Å². The fraction of sp³-hybridized carbons (Fsp3) is 0.0833. The number of aromatic nitrogens is 1. The van der Waals surface area contributed by atoms with Crippen LogP contribution in [0.4, 0.5) is 4.39 Å². The standard InChI is InChI=1S/C12H10FNO2/c13-10-3-1-9(2-4-10)8-14-6-5-11(15)7-12(14)16/h1-7,15H,8H2. The van der Waals surface area contributed by atoms with Crippen LogP contribution in [0.1, 0.15) is 5.56 Å². The summed E-state index contributed by atoms with van der Waals surface area (Å²) in [6.07, 6.45) is 1.50. The van der Waals surface area contributed by atoms with Crippen LogP contribution in [0.3, 0.4) is 0 Å². The summed E-state index contributed by atoms with van der Waals surface area (Å²) in [6.45, 7) is 0.361. The third-order valence-corrected chi connectivity index (χ3v) is 2.25. The van der Waals surface area contributed by atoms with Gasteiger partial charge in [0.25, 0.3) is 5.56 Å². The summed E-state index contributed by atoms with van der Waals surface area (Å²) in [5.74, 6) is -0.359. The quantitative estimate of drug-likeness (QED) is 0.835. The number of hydrogen-bond acceptors (Lipinski definition) is 2. The highest BCUT2D eigenvalue weighted by Gasteiger charge is 1.99. The predicted molar refractivity (Wildman–Crippen MR) is 57.9 cm³/mol. The van der Waals surface area contributed by atoms with E-state index >= 15 is 0 Å². The molecule has 0 aliphatic carbocycles. The molecule has 3 nitrogen and oxygen atoms in total. The van der Waals surface area contributed by atoms with Gasteiger partial charge in [-0.05, 0) is 23.8 Å². The van der Waals surface area contributed by atoms with Crippen molar-refractivity contribution < 1.29 is 9.50 Å². The van der Waals surface area contributed by atoms with Gasteiger partial charge in [-0.2, -0.15) is 0 Å². The Morgan fingerprint density at radius 3 is 2.50 bits per heavy atom. The molecule has 0 unspecified atom stereocenters. The van der Waals surface area contributed by atoms with Crippen molar-refractivity contribution in [2.75, 3.05) is 0 Å². The molecule has 0 saturated carbocycles. The predicted octanol–water partition coefficient (Wildman–Crippen LogP) is 1.74. The lowest BCUT2D eigenvalue weighted by molar-refractivity contribution is 0.471. The summed E-state index contributed by atoms with van der Waals surface area (Å²) in [4.78, 5) is 11.4. The van der Waals surface area contributed by atoms with E-state index < -0.39 is 0 Å². The Morgan fingerprint density at radius 2 is 1.88 bits per heavy atom. The molecule has 0 aliphatic heterocycles. The lowest BCUT2D eigenvalue weighted by atomic mass is 10.2. The Labute approximate surface area is 91.4 Å². The Morgan fingerprint density at radius 1 is 1.19 bits per heavy atom. The third-order valence-electron chi connectivity index (χ3n) is 2.25. The fourth-order valence-electron chi connectivity index (χ4n) is 1.41. The number of rotatable bonds is 2. The lowest BCUT2D eigenvalue weighted by Crippen LogP contribution is -2.18. The van der Waals surface area contributed by atoms with E-state index in [2.05, 4.69) is 0 Å². The van der Waals surface area contributed by atoms with E-state index in [1.54, 1.807) is 12.1 Å². The molecule has 0 aliphatic rings. The molecule has 4 heteroatoms. The minimum atomic E-state index is -0.304. The highest BCUT2D eigenvalue weighted by Crippen LogP contribution is 2.06. The molecule has 0 atom stereocenters. The Bertz CT molecular complexity index is 546. The van der Waals surface area contributed by atoms with Gasteiger partial charge in [-0.1, -0.05) is 12.1 Å². The van der Waals surface area contributed by atoms with Gasteiger partial charge in [-0.25, -0.2) is 4.39 Å². The monoisotopic (exact) mass is 219 g/mol. The molecule has 82 valence electrons. The molecule has 2 rings (SSSR count). The number of nitrogens with zero attached hydrogens (tertiary/aromatic N) is 1. The van der Waals surface area contributed by atoms with Crippen molar-refractivity contribution in [3.05, 3.63) is 64.3 Å². The average molecular weight is 219 g/mol. The van der Waals surface area contributed by atoms with Crippen LogP contribution < -0.4 is 5.56 Å². The summed E-state index contributed by atoms with van der Waals surface area (Å²) in [5.41, 5.74) is 0.540. The van der Waals surface area contributed by atoms with E-state index in [1.165, 1.54) is 29.0 Å². The molecular formula is C12H10FNO2. The van der Waals surface area contributed by atoms with E-state index in [4.69, 9.17) is 5.11 Å². The van der Waals surface area contributed by atoms with Crippen LogP contribution in [0, 0.1) is 5.82 Å². The van der Waals surface area contributed by atoms with Crippen molar-refractivity contribution in [3.8, 4) is 5.75 Å². The number of pyridine rings is 1. The Balaban J connectivity index is 2.27. The molecular weight excluding hydrogens is 209 g/mol. The van der Waals surface area contributed by atoms with Gasteiger partial charge in [0.05, 0.1) is 6.54 Å². The van der Waals surface area contributed by atoms with Crippen molar-refractivity contribution in [3.63, 3.8) is 0 Å². The maximum atomic E-state index is 12.7. The van der Waals surface area contributed by atoms with Gasteiger partial charge in [-0.3, -0.25) is 4.79 Å². The van der Waals surface area contributed by atoms with Crippen LogP contribution in [-0.2, 0) is 6.54 Å². The lowest BCUT2D eigenvalue weighted by Gasteiger charge is -2.05. The summed E-state index contributed by atoms with van der Waals surface area (Å²) < 4.78 is 14.1. The minimum Gasteiger partial charge on any atom is -0.508 e. The van der Waals surface area contributed by atoms with Gasteiger partial charge in [0.2, 0.25) is 0 Å². The van der Waals surface area contributed by atoms with Crippen molar-refractivity contribution in [2.45, 2.75) is 6.54 Å². The first-order valence-corrected chi connectivity index (χ1v) is 4.79. The van der Waals surface area contributed by atoms with Crippen molar-refractivity contribution in [2.24, 2.45) is 0 Å². The van der Waals surface area contributed by atoms with Gasteiger partial charge in [0.1, 0.15) is 11.6 Å². The van der Waals surface area contributed by atoms with E-state index in [0.29, 0.717) is 6.54 Å². The zero-order valence-electron chi connectivity index (χ0n) is 8.43. The minimum absolute atomic E-state index is 0.0552. The molecule has 0 bridgehead atoms. The molecule has 1 N–H and O–H groups in total. The van der Waals surface area contributed by atoms with Crippen LogP contribution >= 0.6 is 0 Å². The molecule has 1 aromatic carbocycles. The SMILES string of the molecule is O=c1cc(O)ccn1Cc1ccc(F)cc1. The summed E-state index contributed by atoms with van der Waals surface area (Å²) in [6, 6.07) is 8.51. The van der Waals surface area contributed by atoms with E-state index in [0.717, 1.165) is 11.6 Å². The molecule has 2 aromatic rings. The van der Waals surface area contributed by atoms with Crippen LogP contribution in [0.5, 0.6) is 5.75 Å². The van der Waals surface area contributed by atoms with Crippen LogP contribution in [0.15, 0.2) is 47.4 Å². The van der Waals surface area contributed by atoms with E-state index in [1.807, 2.05) is 0 Å². The molecule has 0 amide bonds. The number of halogens is 1. The number of hydrogen-bond donors (Lipinski definition) is 1. The van der Waals surface area contributed by atoms with Gasteiger partial charge in [-0.15, -0.1) is 0 Å². The molecule has 0 saturated heterocycles. The molecule has 1 heterocycles. The normalized spacial score (nSPS) is 10.3. The summed E-state index contributed by atoms with van der Waals surface area (Å²) in [7, 11) is 0. The first kappa shape index (κ1) is 10.4. The smallest absolute Gasteiger partial charge is 0.254 e. The molecule has 0 radical (unpaired) electrons. The second-order valence-electron chi connectivity index (χ2n) is 3.48. The summed E-state index contributed by atoms with van der Waals surface area (Å²) >= 11 is 0. The maximum Gasteiger partial charge on any atom is 0.254 e.